The number of nitriles is 1. The monoisotopic (exact) mass is 478 g/mol. The van der Waals surface area contributed by atoms with Crippen LogP contribution in [-0.4, -0.2) is 49.2 Å². The first-order valence-electron chi connectivity index (χ1n) is 11.3. The fourth-order valence-electron chi connectivity index (χ4n) is 4.48. The summed E-state index contributed by atoms with van der Waals surface area (Å²) in [7, 11) is 0. The van der Waals surface area contributed by atoms with Crippen LogP contribution in [0, 0.1) is 11.3 Å². The van der Waals surface area contributed by atoms with E-state index < -0.39 is 0 Å². The Morgan fingerprint density at radius 3 is 2.81 bits per heavy atom. The van der Waals surface area contributed by atoms with Crippen LogP contribution in [0.15, 0.2) is 67.5 Å². The average Bonchev–Trinajstić information content (AvgIpc) is 3.54. The maximum Gasteiger partial charge on any atom is 0.256 e. The van der Waals surface area contributed by atoms with Gasteiger partial charge in [0.1, 0.15) is 11.6 Å². The Hall–Kier alpha value is -5.04. The summed E-state index contributed by atoms with van der Waals surface area (Å²) in [6.07, 6.45) is 5.24. The average molecular weight is 479 g/mol. The highest BCUT2D eigenvalue weighted by Crippen LogP contribution is 2.35. The Balaban J connectivity index is 1.54. The summed E-state index contributed by atoms with van der Waals surface area (Å²) in [6.45, 7) is 4.69. The van der Waals surface area contributed by atoms with Gasteiger partial charge in [0.15, 0.2) is 0 Å². The largest absolute Gasteiger partial charge is 0.369 e. The van der Waals surface area contributed by atoms with Crippen LogP contribution in [0.25, 0.3) is 16.9 Å². The number of pyridine rings is 1. The zero-order valence-electron chi connectivity index (χ0n) is 19.3. The Morgan fingerprint density at radius 2 is 2.06 bits per heavy atom. The van der Waals surface area contributed by atoms with E-state index in [4.69, 9.17) is 10.7 Å². The van der Waals surface area contributed by atoms with Crippen LogP contribution in [-0.2, 0) is 4.79 Å². The summed E-state index contributed by atoms with van der Waals surface area (Å²) in [5, 5.41) is 12.6. The Kier molecular flexibility index (Phi) is 5.88. The van der Waals surface area contributed by atoms with E-state index in [1.807, 2.05) is 6.07 Å². The number of carbonyl (C=O) groups is 2. The Morgan fingerprint density at radius 1 is 1.19 bits per heavy atom. The van der Waals surface area contributed by atoms with Gasteiger partial charge in [-0.1, -0.05) is 12.6 Å². The van der Waals surface area contributed by atoms with Gasteiger partial charge in [-0.3, -0.25) is 14.0 Å². The fourth-order valence-corrected chi connectivity index (χ4v) is 4.48. The van der Waals surface area contributed by atoms with Gasteiger partial charge in [-0.2, -0.15) is 5.26 Å². The third-order valence-corrected chi connectivity index (χ3v) is 6.22. The van der Waals surface area contributed by atoms with Crippen LogP contribution in [0.3, 0.4) is 0 Å². The molecule has 3 N–H and O–H groups in total. The third kappa shape index (κ3) is 4.03. The van der Waals surface area contributed by atoms with E-state index in [0.717, 1.165) is 17.6 Å². The second kappa shape index (κ2) is 9.31. The number of nitrogens with one attached hydrogen (secondary N) is 1. The van der Waals surface area contributed by atoms with Crippen LogP contribution in [0.5, 0.6) is 0 Å². The van der Waals surface area contributed by atoms with Crippen molar-refractivity contribution in [3.05, 3.63) is 84.3 Å². The van der Waals surface area contributed by atoms with Crippen LogP contribution >= 0.6 is 0 Å². The molecular formula is C26H22N8O2. The van der Waals surface area contributed by atoms with Gasteiger partial charge < -0.3 is 16.0 Å². The highest BCUT2D eigenvalue weighted by atomic mass is 16.2. The summed E-state index contributed by atoms with van der Waals surface area (Å²) in [5.41, 5.74) is 8.87. The molecule has 0 saturated carbocycles. The Bertz CT molecular complexity index is 1540. The molecule has 1 unspecified atom stereocenters. The predicted octanol–water partition coefficient (Wildman–Crippen LogP) is 3.00. The van der Waals surface area contributed by atoms with Gasteiger partial charge in [-0.05, 0) is 48.9 Å². The van der Waals surface area contributed by atoms with Crippen molar-refractivity contribution >= 4 is 29.1 Å². The number of imidazole rings is 1. The summed E-state index contributed by atoms with van der Waals surface area (Å²) in [6, 6.07) is 14.0. The number of amides is 2. The van der Waals surface area contributed by atoms with Crippen molar-refractivity contribution < 1.29 is 9.59 Å². The molecule has 10 nitrogen and oxygen atoms in total. The molecule has 1 aromatic carbocycles. The first-order chi connectivity index (χ1) is 17.5. The summed E-state index contributed by atoms with van der Waals surface area (Å²) < 4.78 is 1.71. The smallest absolute Gasteiger partial charge is 0.256 e. The number of carbonyl (C=O) groups excluding carboxylic acids is 2. The standard InChI is InChI=1S/C26H22N8O2/c1-2-22(35)33-12-9-17(15-33)23-20-8-11-30-26(28)34(20)24(32-23)19-7-6-16(13-18(19)14-27)25(36)31-21-5-3-4-10-29-21/h2-8,10-11,13,17H,1,9,12,15H2,(H2,28,30)(H,29,31,36). The fraction of sp³-hybridized carbons (Fsp3) is 0.154. The van der Waals surface area contributed by atoms with Gasteiger partial charge in [0.2, 0.25) is 11.9 Å². The number of nitrogens with two attached hydrogens (primary N) is 1. The molecule has 3 aromatic heterocycles. The zero-order chi connectivity index (χ0) is 25.2. The van der Waals surface area contributed by atoms with E-state index in [9.17, 15) is 14.9 Å². The van der Waals surface area contributed by atoms with Crippen molar-refractivity contribution in [2.24, 2.45) is 0 Å². The number of benzene rings is 1. The second-order valence-electron chi connectivity index (χ2n) is 8.36. The van der Waals surface area contributed by atoms with Crippen molar-refractivity contribution in [1.82, 2.24) is 24.3 Å². The maximum atomic E-state index is 12.7. The lowest BCUT2D eigenvalue weighted by molar-refractivity contribution is -0.125. The van der Waals surface area contributed by atoms with Crippen molar-refractivity contribution in [2.75, 3.05) is 24.1 Å². The number of fused-ring (bicyclic) bond motifs is 1. The van der Waals surface area contributed by atoms with Crippen LogP contribution in [0.4, 0.5) is 11.8 Å². The number of nitrogen functional groups attached to an aromatic ring is 1. The van der Waals surface area contributed by atoms with Gasteiger partial charge in [0, 0.05) is 42.5 Å². The number of hydrogen-bond acceptors (Lipinski definition) is 7. The van der Waals surface area contributed by atoms with Crippen LogP contribution in [0.2, 0.25) is 0 Å². The molecule has 1 fully saturated rings. The first-order valence-corrected chi connectivity index (χ1v) is 11.3. The molecule has 0 aliphatic carbocycles. The van der Waals surface area contributed by atoms with E-state index in [0.29, 0.717) is 35.9 Å². The van der Waals surface area contributed by atoms with E-state index in [-0.39, 0.29) is 29.2 Å². The van der Waals surface area contributed by atoms with Crippen molar-refractivity contribution in [1.29, 1.82) is 5.26 Å². The van der Waals surface area contributed by atoms with Crippen molar-refractivity contribution in [2.45, 2.75) is 12.3 Å². The molecule has 0 radical (unpaired) electrons. The first kappa shape index (κ1) is 22.7. The number of nitrogens with zero attached hydrogens (tertiary/aromatic N) is 6. The quantitative estimate of drug-likeness (QED) is 0.420. The number of rotatable bonds is 5. The van der Waals surface area contributed by atoms with Crippen LogP contribution < -0.4 is 11.1 Å². The van der Waals surface area contributed by atoms with Gasteiger partial charge >= 0.3 is 0 Å². The number of anilines is 2. The summed E-state index contributed by atoms with van der Waals surface area (Å²) in [5.74, 6) is 0.575. The van der Waals surface area contributed by atoms with Crippen molar-refractivity contribution in [3.63, 3.8) is 0 Å². The van der Waals surface area contributed by atoms with E-state index >= 15 is 0 Å². The molecule has 1 atom stereocenters. The van der Waals surface area contributed by atoms with Gasteiger partial charge in [-0.15, -0.1) is 0 Å². The SMILES string of the molecule is C=CC(=O)N1CCC(c2nc(-c3ccc(C(=O)Nc4ccccn4)cc3C#N)n3c(N)nccc23)C1. The molecule has 36 heavy (non-hydrogen) atoms. The molecular weight excluding hydrogens is 456 g/mol. The minimum atomic E-state index is -0.385. The minimum Gasteiger partial charge on any atom is -0.369 e. The molecule has 4 aromatic rings. The number of aromatic nitrogens is 4. The second-order valence-corrected chi connectivity index (χ2v) is 8.36. The van der Waals surface area contributed by atoms with E-state index in [2.05, 4.69) is 27.9 Å². The zero-order valence-corrected chi connectivity index (χ0v) is 19.3. The lowest BCUT2D eigenvalue weighted by Gasteiger charge is -2.13. The molecule has 2 amide bonds. The third-order valence-electron chi connectivity index (χ3n) is 6.22. The summed E-state index contributed by atoms with van der Waals surface area (Å²) in [4.78, 5) is 39.8. The predicted molar refractivity (Wildman–Crippen MR) is 134 cm³/mol. The maximum absolute atomic E-state index is 12.7. The van der Waals surface area contributed by atoms with Crippen molar-refractivity contribution in [3.8, 4) is 17.5 Å². The summed E-state index contributed by atoms with van der Waals surface area (Å²) >= 11 is 0. The molecule has 0 bridgehead atoms. The molecule has 1 aliphatic rings. The molecule has 5 rings (SSSR count). The highest BCUT2D eigenvalue weighted by Gasteiger charge is 2.31. The lowest BCUT2D eigenvalue weighted by Crippen LogP contribution is -2.26. The number of hydrogen-bond donors (Lipinski definition) is 2. The molecule has 178 valence electrons. The van der Waals surface area contributed by atoms with Gasteiger partial charge in [-0.25, -0.2) is 15.0 Å². The Labute approximate surface area is 206 Å². The highest BCUT2D eigenvalue weighted by molar-refractivity contribution is 6.04. The topological polar surface area (TPSA) is 142 Å². The van der Waals surface area contributed by atoms with Crippen LogP contribution in [0.1, 0.15) is 34.0 Å². The number of likely N-dealkylation sites (tertiary alicyclic amines) is 1. The van der Waals surface area contributed by atoms with Gasteiger partial charge in [0.25, 0.3) is 5.91 Å². The molecule has 10 heteroatoms. The van der Waals surface area contributed by atoms with E-state index in [1.165, 1.54) is 12.1 Å². The normalized spacial score (nSPS) is 15.0. The van der Waals surface area contributed by atoms with E-state index in [1.54, 1.807) is 52.0 Å². The minimum absolute atomic E-state index is 0.00610. The van der Waals surface area contributed by atoms with Gasteiger partial charge in [0.05, 0.1) is 22.8 Å². The molecule has 1 aliphatic heterocycles. The molecule has 1 saturated heterocycles. The molecule has 4 heterocycles. The lowest BCUT2D eigenvalue weighted by atomic mass is 10.0. The molecule has 0 spiro atoms.